The van der Waals surface area contributed by atoms with Gasteiger partial charge in [-0.3, -0.25) is 9.69 Å². The SMILES string of the molecule is CCOc1ccc(NC(=O)CN(C)Cc2cccc(OC(F)F)c2)cc1S(=O)(=O)N(CC)CC. The zero-order chi connectivity index (χ0) is 25.3. The Morgan fingerprint density at radius 3 is 2.41 bits per heavy atom. The number of ether oxygens (including phenoxy) is 2. The summed E-state index contributed by atoms with van der Waals surface area (Å²) < 4.78 is 62.2. The van der Waals surface area contributed by atoms with Gasteiger partial charge < -0.3 is 14.8 Å². The van der Waals surface area contributed by atoms with Gasteiger partial charge >= 0.3 is 6.61 Å². The Balaban J connectivity index is 2.12. The molecule has 2 rings (SSSR count). The van der Waals surface area contributed by atoms with Crippen LogP contribution in [-0.4, -0.2) is 63.4 Å². The van der Waals surface area contributed by atoms with E-state index in [1.165, 1.54) is 28.6 Å². The van der Waals surface area contributed by atoms with Gasteiger partial charge in [0.1, 0.15) is 16.4 Å². The molecule has 0 bridgehead atoms. The fraction of sp³-hybridized carbons (Fsp3) is 0.435. The van der Waals surface area contributed by atoms with E-state index in [0.717, 1.165) is 0 Å². The molecule has 11 heteroatoms. The highest BCUT2D eigenvalue weighted by atomic mass is 32.2. The van der Waals surface area contributed by atoms with Crippen LogP contribution < -0.4 is 14.8 Å². The highest BCUT2D eigenvalue weighted by Gasteiger charge is 2.26. The summed E-state index contributed by atoms with van der Waals surface area (Å²) in [5.41, 5.74) is 1.02. The molecule has 0 aliphatic carbocycles. The minimum absolute atomic E-state index is 0.00866. The van der Waals surface area contributed by atoms with Crippen LogP contribution in [0.2, 0.25) is 0 Å². The summed E-state index contributed by atoms with van der Waals surface area (Å²) in [6.07, 6.45) is 0. The Morgan fingerprint density at radius 1 is 1.09 bits per heavy atom. The van der Waals surface area contributed by atoms with Crippen molar-refractivity contribution in [3.05, 3.63) is 48.0 Å². The number of likely N-dealkylation sites (N-methyl/N-ethyl adjacent to an activating group) is 1. The van der Waals surface area contributed by atoms with Crippen molar-refractivity contribution < 1.29 is 31.5 Å². The lowest BCUT2D eigenvalue weighted by Crippen LogP contribution is -2.31. The summed E-state index contributed by atoms with van der Waals surface area (Å²) in [6, 6.07) is 10.7. The van der Waals surface area contributed by atoms with Gasteiger partial charge in [-0.05, 0) is 49.9 Å². The molecule has 0 heterocycles. The largest absolute Gasteiger partial charge is 0.492 e. The van der Waals surface area contributed by atoms with Gasteiger partial charge in [0.25, 0.3) is 0 Å². The first-order valence-corrected chi connectivity index (χ1v) is 12.3. The number of nitrogens with one attached hydrogen (secondary N) is 1. The fourth-order valence-corrected chi connectivity index (χ4v) is 5.01. The fourth-order valence-electron chi connectivity index (χ4n) is 3.40. The zero-order valence-electron chi connectivity index (χ0n) is 19.8. The molecule has 0 saturated carbocycles. The first-order chi connectivity index (χ1) is 16.1. The van der Waals surface area contributed by atoms with Crippen molar-refractivity contribution in [3.8, 4) is 11.5 Å². The normalized spacial score (nSPS) is 11.8. The number of rotatable bonds is 13. The van der Waals surface area contributed by atoms with Gasteiger partial charge in [0.05, 0.1) is 13.2 Å². The Bertz CT molecular complexity index is 1060. The molecule has 0 aliphatic heterocycles. The molecule has 0 aliphatic rings. The third kappa shape index (κ3) is 7.64. The first kappa shape index (κ1) is 27.5. The molecule has 0 atom stereocenters. The maximum absolute atomic E-state index is 13.1. The summed E-state index contributed by atoms with van der Waals surface area (Å²) >= 11 is 0. The van der Waals surface area contributed by atoms with E-state index in [-0.39, 0.29) is 28.8 Å². The van der Waals surface area contributed by atoms with Crippen molar-refractivity contribution in [2.24, 2.45) is 0 Å². The van der Waals surface area contributed by atoms with E-state index in [2.05, 4.69) is 10.1 Å². The van der Waals surface area contributed by atoms with E-state index in [1.807, 2.05) is 0 Å². The second kappa shape index (κ2) is 12.6. The first-order valence-electron chi connectivity index (χ1n) is 10.9. The van der Waals surface area contributed by atoms with Crippen LogP contribution >= 0.6 is 0 Å². The second-order valence-corrected chi connectivity index (χ2v) is 9.34. The predicted octanol–water partition coefficient (Wildman–Crippen LogP) is 3.79. The average molecular weight is 500 g/mol. The van der Waals surface area contributed by atoms with Gasteiger partial charge in [0, 0.05) is 25.3 Å². The number of alkyl halides is 2. The molecule has 0 unspecified atom stereocenters. The van der Waals surface area contributed by atoms with Crippen LogP contribution in [0.15, 0.2) is 47.4 Å². The van der Waals surface area contributed by atoms with Crippen molar-refractivity contribution in [1.29, 1.82) is 0 Å². The summed E-state index contributed by atoms with van der Waals surface area (Å²) in [7, 11) is -2.10. The van der Waals surface area contributed by atoms with Crippen molar-refractivity contribution in [2.75, 3.05) is 38.6 Å². The standard InChI is InChI=1S/C23H31F2N3O5S/c1-5-28(6-2)34(30,31)21-14-18(11-12-20(21)32-7-3)26-22(29)16-27(4)15-17-9-8-10-19(13-17)33-23(24)25/h8-14,23H,5-7,15-16H2,1-4H3,(H,26,29). The van der Waals surface area contributed by atoms with Gasteiger partial charge in [0.15, 0.2) is 0 Å². The lowest BCUT2D eigenvalue weighted by atomic mass is 10.2. The van der Waals surface area contributed by atoms with E-state index < -0.39 is 16.6 Å². The smallest absolute Gasteiger partial charge is 0.387 e. The summed E-state index contributed by atoms with van der Waals surface area (Å²) in [6.45, 7) is 3.55. The molecule has 2 aromatic carbocycles. The van der Waals surface area contributed by atoms with Crippen molar-refractivity contribution >= 4 is 21.6 Å². The highest BCUT2D eigenvalue weighted by molar-refractivity contribution is 7.89. The highest BCUT2D eigenvalue weighted by Crippen LogP contribution is 2.30. The van der Waals surface area contributed by atoms with Crippen molar-refractivity contribution in [2.45, 2.75) is 38.8 Å². The predicted molar refractivity (Wildman–Crippen MR) is 126 cm³/mol. The van der Waals surface area contributed by atoms with Gasteiger partial charge in [-0.25, -0.2) is 8.42 Å². The molecular weight excluding hydrogens is 468 g/mol. The average Bonchev–Trinajstić information content (AvgIpc) is 2.75. The van der Waals surface area contributed by atoms with Crippen LogP contribution in [0.4, 0.5) is 14.5 Å². The lowest BCUT2D eigenvalue weighted by Gasteiger charge is -2.21. The van der Waals surface area contributed by atoms with Crippen LogP contribution in [0.25, 0.3) is 0 Å². The van der Waals surface area contributed by atoms with Gasteiger partial charge in [-0.1, -0.05) is 26.0 Å². The van der Waals surface area contributed by atoms with Crippen LogP contribution in [0.1, 0.15) is 26.3 Å². The van der Waals surface area contributed by atoms with Gasteiger partial charge in [-0.15, -0.1) is 0 Å². The Labute approximate surface area is 199 Å². The maximum Gasteiger partial charge on any atom is 0.387 e. The van der Waals surface area contributed by atoms with Crippen LogP contribution in [-0.2, 0) is 21.4 Å². The van der Waals surface area contributed by atoms with E-state index in [4.69, 9.17) is 4.74 Å². The second-order valence-electron chi connectivity index (χ2n) is 7.43. The molecule has 1 amide bonds. The minimum atomic E-state index is -3.81. The zero-order valence-corrected chi connectivity index (χ0v) is 20.6. The summed E-state index contributed by atoms with van der Waals surface area (Å²) in [4.78, 5) is 14.3. The van der Waals surface area contributed by atoms with E-state index >= 15 is 0 Å². The molecule has 0 saturated heterocycles. The number of amides is 1. The molecule has 1 N–H and O–H groups in total. The van der Waals surface area contributed by atoms with Gasteiger partial charge in [0.2, 0.25) is 15.9 Å². The summed E-state index contributed by atoms with van der Waals surface area (Å²) in [5, 5.41) is 2.71. The number of nitrogens with zero attached hydrogens (tertiary/aromatic N) is 2. The number of benzene rings is 2. The third-order valence-corrected chi connectivity index (χ3v) is 6.91. The Kier molecular flexibility index (Phi) is 10.2. The Hall–Kier alpha value is -2.76. The quantitative estimate of drug-likeness (QED) is 0.451. The monoisotopic (exact) mass is 499 g/mol. The van der Waals surface area contributed by atoms with E-state index in [9.17, 15) is 22.0 Å². The Morgan fingerprint density at radius 2 is 1.79 bits per heavy atom. The van der Waals surface area contributed by atoms with E-state index in [0.29, 0.717) is 37.5 Å². The van der Waals surface area contributed by atoms with Crippen molar-refractivity contribution in [1.82, 2.24) is 9.21 Å². The number of hydrogen-bond acceptors (Lipinski definition) is 6. The number of sulfonamides is 1. The molecule has 34 heavy (non-hydrogen) atoms. The number of hydrogen-bond donors (Lipinski definition) is 1. The molecule has 0 aromatic heterocycles. The molecule has 0 radical (unpaired) electrons. The molecule has 0 spiro atoms. The van der Waals surface area contributed by atoms with Crippen LogP contribution in [0.5, 0.6) is 11.5 Å². The molecule has 8 nitrogen and oxygen atoms in total. The molecule has 0 fully saturated rings. The van der Waals surface area contributed by atoms with Gasteiger partial charge in [-0.2, -0.15) is 13.1 Å². The van der Waals surface area contributed by atoms with Crippen LogP contribution in [0.3, 0.4) is 0 Å². The lowest BCUT2D eigenvalue weighted by molar-refractivity contribution is -0.117. The minimum Gasteiger partial charge on any atom is -0.492 e. The van der Waals surface area contributed by atoms with E-state index in [1.54, 1.807) is 50.9 Å². The number of carbonyl (C=O) groups excluding carboxylic acids is 1. The number of carbonyl (C=O) groups is 1. The van der Waals surface area contributed by atoms with Crippen LogP contribution in [0, 0.1) is 0 Å². The molecular formula is C23H31F2N3O5S. The third-order valence-electron chi connectivity index (χ3n) is 4.84. The summed E-state index contributed by atoms with van der Waals surface area (Å²) in [5.74, 6) is -0.102. The maximum atomic E-state index is 13.1. The number of anilines is 1. The molecule has 2 aromatic rings. The molecule has 188 valence electrons. The topological polar surface area (TPSA) is 88.2 Å². The van der Waals surface area contributed by atoms with Crippen molar-refractivity contribution in [3.63, 3.8) is 0 Å². The number of halogens is 2.